The van der Waals surface area contributed by atoms with Gasteiger partial charge in [0.05, 0.1) is 15.3 Å². The van der Waals surface area contributed by atoms with Crippen molar-refractivity contribution in [3.05, 3.63) is 0 Å². The molecule has 13 heavy (non-hydrogen) atoms. The molecule has 0 spiro atoms. The number of halogens is 1. The second-order valence-corrected chi connectivity index (χ2v) is 8.22. The monoisotopic (exact) mass is 312 g/mol. The summed E-state index contributed by atoms with van der Waals surface area (Å²) in [6, 6.07) is 0.631. The Balaban J connectivity index is 2.15. The number of carbonyl (C=O) groups is 1. The number of alkyl halides is 1. The molecule has 0 aliphatic carbocycles. The lowest BCUT2D eigenvalue weighted by Gasteiger charge is -2.39. The molecule has 2 heterocycles. The maximum Gasteiger partial charge on any atom is 0.315 e. The molecule has 5 heteroatoms. The van der Waals surface area contributed by atoms with Gasteiger partial charge in [-0.3, -0.25) is 0 Å². The number of rotatable bonds is 0. The molecule has 3 atom stereocenters. The maximum absolute atomic E-state index is 11.1. The van der Waals surface area contributed by atoms with Gasteiger partial charge in [-0.1, -0.05) is 36.4 Å². The van der Waals surface area contributed by atoms with Gasteiger partial charge in [0, 0.05) is 4.75 Å². The van der Waals surface area contributed by atoms with Crippen LogP contribution in [0.15, 0.2) is 0 Å². The Labute approximate surface area is 95.9 Å². The fourth-order valence-electron chi connectivity index (χ4n) is 1.93. The highest BCUT2D eigenvalue weighted by Gasteiger charge is 2.45. The number of urea groups is 1. The molecule has 0 saturated carbocycles. The molecule has 2 fully saturated rings. The molecule has 74 valence electrons. The highest BCUT2D eigenvalue weighted by Crippen LogP contribution is 2.44. The first-order chi connectivity index (χ1) is 5.98. The Morgan fingerprint density at radius 1 is 1.54 bits per heavy atom. The van der Waals surface area contributed by atoms with Crippen molar-refractivity contribution in [3.63, 3.8) is 0 Å². The van der Waals surface area contributed by atoms with Crippen molar-refractivity contribution >= 4 is 40.4 Å². The topological polar surface area (TPSA) is 41.1 Å². The Morgan fingerprint density at radius 2 is 2.23 bits per heavy atom. The van der Waals surface area contributed by atoms with Crippen LogP contribution in [0.3, 0.4) is 0 Å². The number of carbonyl (C=O) groups excluding carboxylic acids is 1. The summed E-state index contributed by atoms with van der Waals surface area (Å²) in [5.74, 6) is 0. The minimum Gasteiger partial charge on any atom is -0.333 e. The maximum atomic E-state index is 11.1. The average Bonchev–Trinajstić information content (AvgIpc) is 2.27. The van der Waals surface area contributed by atoms with E-state index in [1.165, 1.54) is 0 Å². The van der Waals surface area contributed by atoms with Crippen molar-refractivity contribution in [2.75, 3.05) is 0 Å². The first kappa shape index (κ1) is 9.89. The lowest BCUT2D eigenvalue weighted by Crippen LogP contribution is -2.48. The van der Waals surface area contributed by atoms with Crippen molar-refractivity contribution in [3.8, 4) is 0 Å². The van der Waals surface area contributed by atoms with Gasteiger partial charge in [-0.25, -0.2) is 4.79 Å². The lowest BCUT2D eigenvalue weighted by molar-refractivity contribution is 0.247. The summed E-state index contributed by atoms with van der Waals surface area (Å²) < 4.78 is 0.761. The number of nitrogens with one attached hydrogen (secondary N) is 2. The highest BCUT2D eigenvalue weighted by molar-refractivity contribution is 14.1. The predicted molar refractivity (Wildman–Crippen MR) is 63.3 cm³/mol. The van der Waals surface area contributed by atoms with E-state index in [0.717, 1.165) is 6.42 Å². The summed E-state index contributed by atoms with van der Waals surface area (Å²) in [7, 11) is 0. The summed E-state index contributed by atoms with van der Waals surface area (Å²) in [6.07, 6.45) is 1.06. The average molecular weight is 312 g/mol. The quantitative estimate of drug-likeness (QED) is 0.528. The van der Waals surface area contributed by atoms with Gasteiger partial charge < -0.3 is 10.6 Å². The minimum atomic E-state index is -0.00466. The zero-order valence-electron chi connectivity index (χ0n) is 7.63. The Morgan fingerprint density at radius 3 is 2.92 bits per heavy atom. The van der Waals surface area contributed by atoms with E-state index in [0.29, 0.717) is 15.3 Å². The zero-order chi connectivity index (χ0) is 9.64. The van der Waals surface area contributed by atoms with E-state index in [2.05, 4.69) is 47.1 Å². The predicted octanol–water partition coefficient (Wildman–Crippen LogP) is 1.71. The standard InChI is InChI=1S/C8H13IN2OS/c1-8(2)3-4-5(6(9)13-8)11-7(12)10-4/h4-6H,3H2,1-2H3,(H2,10,11,12)/t4-,5-,6+/m0/s1. The summed E-state index contributed by atoms with van der Waals surface area (Å²) in [6.45, 7) is 4.48. The van der Waals surface area contributed by atoms with Crippen molar-refractivity contribution in [2.24, 2.45) is 0 Å². The molecule has 2 rings (SSSR count). The molecule has 3 nitrogen and oxygen atoms in total. The van der Waals surface area contributed by atoms with Gasteiger partial charge in [0.1, 0.15) is 0 Å². The van der Waals surface area contributed by atoms with Crippen LogP contribution in [0.1, 0.15) is 20.3 Å². The number of amides is 2. The van der Waals surface area contributed by atoms with E-state index in [4.69, 9.17) is 0 Å². The van der Waals surface area contributed by atoms with Crippen LogP contribution in [0.2, 0.25) is 0 Å². The third kappa shape index (κ3) is 1.91. The first-order valence-electron chi connectivity index (χ1n) is 4.37. The molecule has 0 aromatic rings. The fraction of sp³-hybridized carbons (Fsp3) is 0.875. The zero-order valence-corrected chi connectivity index (χ0v) is 10.6. The lowest BCUT2D eigenvalue weighted by atomic mass is 9.98. The van der Waals surface area contributed by atoms with Crippen molar-refractivity contribution < 1.29 is 4.79 Å². The Hall–Kier alpha value is 0.350. The van der Waals surface area contributed by atoms with Crippen molar-refractivity contribution in [1.29, 1.82) is 0 Å². The van der Waals surface area contributed by atoms with E-state index in [9.17, 15) is 4.79 Å². The van der Waals surface area contributed by atoms with E-state index < -0.39 is 0 Å². The number of hydrogen-bond acceptors (Lipinski definition) is 2. The van der Waals surface area contributed by atoms with E-state index >= 15 is 0 Å². The molecular formula is C8H13IN2OS. The van der Waals surface area contributed by atoms with Crippen LogP contribution in [0, 0.1) is 0 Å². The SMILES string of the molecule is CC1(C)C[C@@H]2NC(=O)N[C@@H]2[C@H](I)S1. The van der Waals surface area contributed by atoms with Gasteiger partial charge >= 0.3 is 6.03 Å². The number of hydrogen-bond donors (Lipinski definition) is 2. The van der Waals surface area contributed by atoms with Crippen LogP contribution < -0.4 is 10.6 Å². The van der Waals surface area contributed by atoms with E-state index in [1.807, 2.05) is 11.8 Å². The van der Waals surface area contributed by atoms with E-state index in [-0.39, 0.29) is 10.8 Å². The molecule has 2 N–H and O–H groups in total. The number of thioether (sulfide) groups is 1. The molecule has 2 amide bonds. The van der Waals surface area contributed by atoms with Gasteiger partial charge in [0.15, 0.2) is 0 Å². The Kier molecular flexibility index (Phi) is 2.42. The number of fused-ring (bicyclic) bond motifs is 1. The van der Waals surface area contributed by atoms with Crippen molar-refractivity contribution in [1.82, 2.24) is 10.6 Å². The third-order valence-electron chi connectivity index (χ3n) is 2.47. The molecular weight excluding hydrogens is 299 g/mol. The normalized spacial score (nSPS) is 42.1. The molecule has 0 unspecified atom stereocenters. The molecule has 2 aliphatic rings. The molecule has 0 radical (unpaired) electrons. The van der Waals surface area contributed by atoms with Crippen LogP contribution in [0.5, 0.6) is 0 Å². The summed E-state index contributed by atoms with van der Waals surface area (Å²) >= 11 is 4.37. The molecule has 2 saturated heterocycles. The summed E-state index contributed by atoms with van der Waals surface area (Å²) in [4.78, 5) is 11.1. The third-order valence-corrected chi connectivity index (χ3v) is 5.33. The van der Waals surface area contributed by atoms with Crippen LogP contribution >= 0.6 is 34.4 Å². The fourth-order valence-corrected chi connectivity index (χ4v) is 5.97. The summed E-state index contributed by atoms with van der Waals surface area (Å²) in [5.41, 5.74) is 0. The highest BCUT2D eigenvalue weighted by atomic mass is 127. The second-order valence-electron chi connectivity index (χ2n) is 4.18. The van der Waals surface area contributed by atoms with Gasteiger partial charge in [0.2, 0.25) is 0 Å². The molecule has 0 aromatic heterocycles. The van der Waals surface area contributed by atoms with Crippen molar-refractivity contribution in [2.45, 2.75) is 40.4 Å². The van der Waals surface area contributed by atoms with Crippen LogP contribution in [-0.2, 0) is 0 Å². The van der Waals surface area contributed by atoms with Gasteiger partial charge in [-0.2, -0.15) is 0 Å². The smallest absolute Gasteiger partial charge is 0.315 e. The van der Waals surface area contributed by atoms with Gasteiger partial charge in [-0.15, -0.1) is 11.8 Å². The van der Waals surface area contributed by atoms with Crippen LogP contribution in [-0.4, -0.2) is 26.1 Å². The van der Waals surface area contributed by atoms with Gasteiger partial charge in [0.25, 0.3) is 0 Å². The van der Waals surface area contributed by atoms with Crippen LogP contribution in [0.25, 0.3) is 0 Å². The molecule has 0 aromatic carbocycles. The second kappa shape index (κ2) is 3.18. The van der Waals surface area contributed by atoms with E-state index in [1.54, 1.807) is 0 Å². The van der Waals surface area contributed by atoms with Gasteiger partial charge in [-0.05, 0) is 6.42 Å². The first-order valence-corrected chi connectivity index (χ1v) is 6.49. The molecule has 0 bridgehead atoms. The minimum absolute atomic E-state index is 0.00466. The summed E-state index contributed by atoms with van der Waals surface area (Å²) in [5, 5.41) is 5.94. The largest absolute Gasteiger partial charge is 0.333 e. The Bertz CT molecular complexity index is 246. The molecule has 2 aliphatic heterocycles. The van der Waals surface area contributed by atoms with Crippen LogP contribution in [0.4, 0.5) is 4.79 Å².